The van der Waals surface area contributed by atoms with E-state index in [1.54, 1.807) is 6.20 Å². The van der Waals surface area contributed by atoms with E-state index in [4.69, 9.17) is 0 Å². The Morgan fingerprint density at radius 1 is 1.00 bits per heavy atom. The predicted molar refractivity (Wildman–Crippen MR) is 110 cm³/mol. The van der Waals surface area contributed by atoms with Gasteiger partial charge < -0.3 is 10.4 Å². The highest BCUT2D eigenvalue weighted by Gasteiger charge is 2.35. The van der Waals surface area contributed by atoms with Crippen LogP contribution in [0.3, 0.4) is 0 Å². The molecule has 0 radical (unpaired) electrons. The third-order valence-corrected chi connectivity index (χ3v) is 6.36. The lowest BCUT2D eigenvalue weighted by atomic mass is 9.75. The Bertz CT molecular complexity index is 748. The Kier molecular flexibility index (Phi) is 5.70. The molecule has 1 aliphatic heterocycles. The summed E-state index contributed by atoms with van der Waals surface area (Å²) in [4.78, 5) is 4.39. The van der Waals surface area contributed by atoms with E-state index in [1.807, 2.05) is 18.2 Å². The Morgan fingerprint density at radius 3 is 2.52 bits per heavy atom. The minimum Gasteiger partial charge on any atom is -0.384 e. The van der Waals surface area contributed by atoms with E-state index < -0.39 is 5.60 Å². The van der Waals surface area contributed by atoms with Gasteiger partial charge in [0.15, 0.2) is 0 Å². The molecule has 2 heterocycles. The van der Waals surface area contributed by atoms with Crippen LogP contribution in [0.5, 0.6) is 0 Å². The molecule has 1 fully saturated rings. The molecule has 0 bridgehead atoms. The maximum Gasteiger partial charge on any atom is 0.106 e. The molecule has 1 saturated carbocycles. The number of aliphatic hydroxyl groups is 1. The van der Waals surface area contributed by atoms with Crippen LogP contribution in [0.4, 0.5) is 0 Å². The molecular formula is C24H30N2O. The maximum atomic E-state index is 11.0. The van der Waals surface area contributed by atoms with Gasteiger partial charge in [-0.1, -0.05) is 42.5 Å². The third-order valence-electron chi connectivity index (χ3n) is 6.36. The normalized spacial score (nSPS) is 28.6. The zero-order valence-corrected chi connectivity index (χ0v) is 16.0. The molecule has 0 spiro atoms. The van der Waals surface area contributed by atoms with Gasteiger partial charge in [0.1, 0.15) is 5.60 Å². The quantitative estimate of drug-likeness (QED) is 0.811. The molecular weight excluding hydrogens is 332 g/mol. The number of aromatic nitrogens is 1. The van der Waals surface area contributed by atoms with E-state index in [0.717, 1.165) is 50.3 Å². The lowest BCUT2D eigenvalue weighted by molar-refractivity contribution is -0.0193. The molecule has 0 amide bonds. The van der Waals surface area contributed by atoms with Crippen LogP contribution in [-0.4, -0.2) is 22.7 Å². The summed E-state index contributed by atoms with van der Waals surface area (Å²) in [5, 5.41) is 14.6. The first-order valence-corrected chi connectivity index (χ1v) is 10.3. The summed E-state index contributed by atoms with van der Waals surface area (Å²) in [5.74, 6) is 0.724. The molecule has 2 aromatic rings. The van der Waals surface area contributed by atoms with Crippen LogP contribution in [0.25, 0.3) is 5.57 Å². The van der Waals surface area contributed by atoms with Gasteiger partial charge in [0.05, 0.1) is 5.69 Å². The standard InChI is InChI=1S/C24H30N2O/c27-24(23-8-4-5-16-26-23)14-11-19(12-15-24)9-10-22-18-21(13-17-25-22)20-6-2-1-3-7-20/h1-8,13,16,19,22,25,27H,9-12,14-15,17-18H2. The average molecular weight is 363 g/mol. The summed E-state index contributed by atoms with van der Waals surface area (Å²) in [5.41, 5.74) is 2.97. The molecule has 2 aliphatic rings. The van der Waals surface area contributed by atoms with Crippen LogP contribution in [0.15, 0.2) is 60.8 Å². The van der Waals surface area contributed by atoms with Gasteiger partial charge in [0.2, 0.25) is 0 Å². The fourth-order valence-electron chi connectivity index (χ4n) is 4.64. The molecule has 1 aromatic carbocycles. The van der Waals surface area contributed by atoms with Crippen molar-refractivity contribution in [3.8, 4) is 0 Å². The van der Waals surface area contributed by atoms with Gasteiger partial charge in [-0.15, -0.1) is 0 Å². The fourth-order valence-corrected chi connectivity index (χ4v) is 4.64. The van der Waals surface area contributed by atoms with Crippen molar-refractivity contribution in [2.24, 2.45) is 5.92 Å². The Labute approximate surface area is 162 Å². The SMILES string of the molecule is OC1(c2ccccn2)CCC(CCC2CC(c3ccccc3)=CCN2)CC1. The van der Waals surface area contributed by atoms with E-state index in [0.29, 0.717) is 6.04 Å². The molecule has 3 nitrogen and oxygen atoms in total. The Morgan fingerprint density at radius 2 is 1.78 bits per heavy atom. The fraction of sp³-hybridized carbons (Fsp3) is 0.458. The number of benzene rings is 1. The molecule has 27 heavy (non-hydrogen) atoms. The molecule has 142 valence electrons. The topological polar surface area (TPSA) is 45.2 Å². The van der Waals surface area contributed by atoms with E-state index in [1.165, 1.54) is 24.0 Å². The first-order chi connectivity index (χ1) is 13.2. The zero-order valence-electron chi connectivity index (χ0n) is 16.0. The van der Waals surface area contributed by atoms with Gasteiger partial charge in [0, 0.05) is 18.8 Å². The largest absolute Gasteiger partial charge is 0.384 e. The minimum atomic E-state index is -0.718. The van der Waals surface area contributed by atoms with Crippen LogP contribution in [0, 0.1) is 5.92 Å². The predicted octanol–water partition coefficient (Wildman–Crippen LogP) is 4.69. The monoisotopic (exact) mass is 362 g/mol. The van der Waals surface area contributed by atoms with Crippen molar-refractivity contribution in [3.63, 3.8) is 0 Å². The van der Waals surface area contributed by atoms with E-state index in [9.17, 15) is 5.11 Å². The van der Waals surface area contributed by atoms with E-state index in [-0.39, 0.29) is 0 Å². The molecule has 3 heteroatoms. The second kappa shape index (κ2) is 8.37. The highest BCUT2D eigenvalue weighted by Crippen LogP contribution is 2.40. The number of hydrogen-bond acceptors (Lipinski definition) is 3. The third kappa shape index (κ3) is 4.48. The number of hydrogen-bond donors (Lipinski definition) is 2. The van der Waals surface area contributed by atoms with Crippen molar-refractivity contribution in [1.82, 2.24) is 10.3 Å². The second-order valence-corrected chi connectivity index (χ2v) is 8.17. The highest BCUT2D eigenvalue weighted by molar-refractivity contribution is 5.66. The first kappa shape index (κ1) is 18.4. The first-order valence-electron chi connectivity index (χ1n) is 10.3. The van der Waals surface area contributed by atoms with Crippen molar-refractivity contribution in [2.75, 3.05) is 6.54 Å². The molecule has 2 N–H and O–H groups in total. The molecule has 1 aromatic heterocycles. The minimum absolute atomic E-state index is 0.571. The van der Waals surface area contributed by atoms with Gasteiger partial charge in [-0.05, 0) is 74.1 Å². The van der Waals surface area contributed by atoms with Gasteiger partial charge in [-0.2, -0.15) is 0 Å². The van der Waals surface area contributed by atoms with Crippen LogP contribution in [0.2, 0.25) is 0 Å². The summed E-state index contributed by atoms with van der Waals surface area (Å²) in [6.45, 7) is 0.971. The Balaban J connectivity index is 1.26. The number of pyridine rings is 1. The second-order valence-electron chi connectivity index (χ2n) is 8.17. The summed E-state index contributed by atoms with van der Waals surface area (Å²) in [7, 11) is 0. The molecule has 1 unspecified atom stereocenters. The summed E-state index contributed by atoms with van der Waals surface area (Å²) in [6.07, 6.45) is 11.6. The van der Waals surface area contributed by atoms with Gasteiger partial charge in [-0.3, -0.25) is 4.98 Å². The van der Waals surface area contributed by atoms with Crippen molar-refractivity contribution >= 4 is 5.57 Å². The van der Waals surface area contributed by atoms with Gasteiger partial charge in [-0.25, -0.2) is 0 Å². The van der Waals surface area contributed by atoms with Gasteiger partial charge >= 0.3 is 0 Å². The van der Waals surface area contributed by atoms with E-state index in [2.05, 4.69) is 46.7 Å². The highest BCUT2D eigenvalue weighted by atomic mass is 16.3. The molecule has 0 saturated heterocycles. The zero-order chi connectivity index (χ0) is 18.5. The number of nitrogens with zero attached hydrogens (tertiary/aromatic N) is 1. The molecule has 1 aliphatic carbocycles. The van der Waals surface area contributed by atoms with Crippen molar-refractivity contribution in [2.45, 2.75) is 56.6 Å². The average Bonchev–Trinajstić information content (AvgIpc) is 2.75. The van der Waals surface area contributed by atoms with Crippen LogP contribution >= 0.6 is 0 Å². The summed E-state index contributed by atoms with van der Waals surface area (Å²) in [6, 6.07) is 17.2. The van der Waals surface area contributed by atoms with Crippen LogP contribution in [0.1, 0.15) is 56.2 Å². The smallest absolute Gasteiger partial charge is 0.106 e. The lowest BCUT2D eigenvalue weighted by Gasteiger charge is -2.36. The molecule has 4 rings (SSSR count). The number of nitrogens with one attached hydrogen (secondary N) is 1. The van der Waals surface area contributed by atoms with Crippen molar-refractivity contribution in [3.05, 3.63) is 72.1 Å². The summed E-state index contributed by atoms with van der Waals surface area (Å²) < 4.78 is 0. The van der Waals surface area contributed by atoms with Crippen LogP contribution in [-0.2, 0) is 5.60 Å². The summed E-state index contributed by atoms with van der Waals surface area (Å²) >= 11 is 0. The van der Waals surface area contributed by atoms with Gasteiger partial charge in [0.25, 0.3) is 0 Å². The Hall–Kier alpha value is -1.97. The van der Waals surface area contributed by atoms with Crippen LogP contribution < -0.4 is 5.32 Å². The van der Waals surface area contributed by atoms with Crippen molar-refractivity contribution in [1.29, 1.82) is 0 Å². The maximum absolute atomic E-state index is 11.0. The van der Waals surface area contributed by atoms with E-state index >= 15 is 0 Å². The lowest BCUT2D eigenvalue weighted by Crippen LogP contribution is -2.35. The molecule has 1 atom stereocenters. The number of rotatable bonds is 5. The van der Waals surface area contributed by atoms with Crippen molar-refractivity contribution < 1.29 is 5.11 Å².